The van der Waals surface area contributed by atoms with Crippen molar-refractivity contribution in [2.45, 2.75) is 4.90 Å². The first-order valence-corrected chi connectivity index (χ1v) is 7.43. The molecular weight excluding hydrogens is 268 g/mol. The van der Waals surface area contributed by atoms with E-state index in [1.165, 1.54) is 17.8 Å². The van der Waals surface area contributed by atoms with Crippen LogP contribution in [0.25, 0.3) is 0 Å². The number of benzene rings is 1. The molecule has 0 aromatic heterocycles. The second-order valence-electron chi connectivity index (χ2n) is 3.20. The van der Waals surface area contributed by atoms with E-state index in [9.17, 15) is 8.42 Å². The fraction of sp³-hybridized carbons (Fsp3) is 0.222. The van der Waals surface area contributed by atoms with Crippen LogP contribution in [0.2, 0.25) is 5.02 Å². The molecular formula is C9H9ClN2O2S2. The molecule has 0 bridgehead atoms. The largest absolute Gasteiger partial charge is 0.321 e. The minimum atomic E-state index is -3.62. The summed E-state index contributed by atoms with van der Waals surface area (Å²) in [5.74, 6) is 0. The lowest BCUT2D eigenvalue weighted by Crippen LogP contribution is -2.30. The SMILES string of the molecule is CSC1=NS(=O)(=O)c2cccc(Cl)c2N1C. The van der Waals surface area contributed by atoms with Gasteiger partial charge in [0.25, 0.3) is 10.0 Å². The molecule has 0 fully saturated rings. The average molecular weight is 277 g/mol. The Morgan fingerprint density at radius 1 is 1.44 bits per heavy atom. The smallest absolute Gasteiger partial charge is 0.286 e. The molecule has 0 unspecified atom stereocenters. The van der Waals surface area contributed by atoms with Gasteiger partial charge in [0.05, 0.1) is 10.7 Å². The van der Waals surface area contributed by atoms with Gasteiger partial charge < -0.3 is 4.90 Å². The first-order valence-electron chi connectivity index (χ1n) is 4.38. The third kappa shape index (κ3) is 1.70. The van der Waals surface area contributed by atoms with Crippen LogP contribution in [0.4, 0.5) is 5.69 Å². The van der Waals surface area contributed by atoms with Gasteiger partial charge in [0.2, 0.25) is 0 Å². The topological polar surface area (TPSA) is 49.7 Å². The van der Waals surface area contributed by atoms with Crippen molar-refractivity contribution < 1.29 is 8.42 Å². The maximum atomic E-state index is 11.9. The van der Waals surface area contributed by atoms with E-state index >= 15 is 0 Å². The van der Waals surface area contributed by atoms with Crippen molar-refractivity contribution in [2.75, 3.05) is 18.2 Å². The Bertz CT molecular complexity index is 569. The quantitative estimate of drug-likeness (QED) is 0.729. The third-order valence-corrected chi connectivity index (χ3v) is 4.68. The van der Waals surface area contributed by atoms with Crippen molar-refractivity contribution in [3.63, 3.8) is 0 Å². The van der Waals surface area contributed by atoms with Crippen LogP contribution in [0.3, 0.4) is 0 Å². The van der Waals surface area contributed by atoms with Gasteiger partial charge in [-0.3, -0.25) is 0 Å². The van der Waals surface area contributed by atoms with Gasteiger partial charge in [-0.15, -0.1) is 4.40 Å². The van der Waals surface area contributed by atoms with Crippen LogP contribution in [0, 0.1) is 0 Å². The van der Waals surface area contributed by atoms with Gasteiger partial charge in [-0.05, 0) is 18.4 Å². The van der Waals surface area contributed by atoms with Crippen LogP contribution in [0.15, 0.2) is 27.5 Å². The molecule has 1 heterocycles. The molecule has 0 saturated carbocycles. The Kier molecular flexibility index (Phi) is 2.90. The number of fused-ring (bicyclic) bond motifs is 1. The van der Waals surface area contributed by atoms with E-state index in [0.717, 1.165) is 0 Å². The number of rotatable bonds is 0. The Labute approximate surface area is 103 Å². The lowest BCUT2D eigenvalue weighted by molar-refractivity contribution is 0.597. The minimum Gasteiger partial charge on any atom is -0.321 e. The molecule has 4 nitrogen and oxygen atoms in total. The lowest BCUT2D eigenvalue weighted by Gasteiger charge is -2.26. The van der Waals surface area contributed by atoms with Gasteiger partial charge in [-0.1, -0.05) is 29.4 Å². The van der Waals surface area contributed by atoms with Gasteiger partial charge in [0, 0.05) is 7.05 Å². The highest BCUT2D eigenvalue weighted by atomic mass is 35.5. The highest BCUT2D eigenvalue weighted by Crippen LogP contribution is 2.37. The highest BCUT2D eigenvalue weighted by molar-refractivity contribution is 8.14. The Morgan fingerprint density at radius 2 is 2.12 bits per heavy atom. The van der Waals surface area contributed by atoms with E-state index in [0.29, 0.717) is 15.9 Å². The zero-order chi connectivity index (χ0) is 11.9. The molecule has 0 amide bonds. The number of amidine groups is 1. The van der Waals surface area contributed by atoms with Crippen molar-refractivity contribution in [3.05, 3.63) is 23.2 Å². The summed E-state index contributed by atoms with van der Waals surface area (Å²) in [6.45, 7) is 0. The predicted molar refractivity (Wildman–Crippen MR) is 68.0 cm³/mol. The summed E-state index contributed by atoms with van der Waals surface area (Å²) in [6, 6.07) is 4.77. The zero-order valence-electron chi connectivity index (χ0n) is 8.64. The maximum Gasteiger partial charge on any atom is 0.286 e. The summed E-state index contributed by atoms with van der Waals surface area (Å²) in [6.07, 6.45) is 1.77. The van der Waals surface area contributed by atoms with Crippen LogP contribution in [-0.2, 0) is 10.0 Å². The van der Waals surface area contributed by atoms with Crippen molar-refractivity contribution in [1.82, 2.24) is 0 Å². The van der Waals surface area contributed by atoms with Crippen LogP contribution in [0.5, 0.6) is 0 Å². The molecule has 0 atom stereocenters. The van der Waals surface area contributed by atoms with Gasteiger partial charge in [0.1, 0.15) is 4.90 Å². The molecule has 1 aliphatic rings. The van der Waals surface area contributed by atoms with Crippen molar-refractivity contribution in [3.8, 4) is 0 Å². The summed E-state index contributed by atoms with van der Waals surface area (Å²) in [5, 5.41) is 0.825. The van der Waals surface area contributed by atoms with Crippen molar-refractivity contribution >= 4 is 44.2 Å². The first kappa shape index (κ1) is 11.8. The van der Waals surface area contributed by atoms with Crippen LogP contribution < -0.4 is 4.90 Å². The fourth-order valence-corrected chi connectivity index (χ4v) is 4.00. The number of thioether (sulfide) groups is 1. The molecule has 0 N–H and O–H groups in total. The van der Waals surface area contributed by atoms with Crippen LogP contribution in [0.1, 0.15) is 0 Å². The number of hydrogen-bond acceptors (Lipinski definition) is 4. The molecule has 0 spiro atoms. The second-order valence-corrected chi connectivity index (χ2v) is 5.95. The van der Waals surface area contributed by atoms with Crippen molar-refractivity contribution in [2.24, 2.45) is 4.40 Å². The number of halogens is 1. The molecule has 2 rings (SSSR count). The molecule has 0 radical (unpaired) electrons. The van der Waals surface area contributed by atoms with Crippen LogP contribution >= 0.6 is 23.4 Å². The van der Waals surface area contributed by atoms with E-state index in [4.69, 9.17) is 11.6 Å². The third-order valence-electron chi connectivity index (χ3n) is 2.23. The fourth-order valence-electron chi connectivity index (χ4n) is 1.51. The van der Waals surface area contributed by atoms with Gasteiger partial charge in [0.15, 0.2) is 5.17 Å². The summed E-state index contributed by atoms with van der Waals surface area (Å²) in [7, 11) is -1.87. The molecule has 0 saturated heterocycles. The van der Waals surface area contributed by atoms with E-state index in [2.05, 4.69) is 4.40 Å². The lowest BCUT2D eigenvalue weighted by atomic mass is 10.3. The normalized spacial score (nSPS) is 17.9. The first-order chi connectivity index (χ1) is 7.47. The summed E-state index contributed by atoms with van der Waals surface area (Å²) in [5.41, 5.74) is 0.489. The summed E-state index contributed by atoms with van der Waals surface area (Å²) >= 11 is 7.28. The number of para-hydroxylation sites is 1. The van der Waals surface area contributed by atoms with E-state index in [-0.39, 0.29) is 4.90 Å². The van der Waals surface area contributed by atoms with E-state index in [1.54, 1.807) is 30.3 Å². The van der Waals surface area contributed by atoms with Gasteiger partial charge in [-0.2, -0.15) is 8.42 Å². The molecule has 1 aromatic rings. The number of hydrogen-bond donors (Lipinski definition) is 0. The number of sulfonamides is 1. The summed E-state index contributed by atoms with van der Waals surface area (Å²) in [4.78, 5) is 1.84. The maximum absolute atomic E-state index is 11.9. The van der Waals surface area contributed by atoms with E-state index in [1.807, 2.05) is 0 Å². The Hall–Kier alpha value is -0.720. The molecule has 7 heteroatoms. The molecule has 0 aliphatic carbocycles. The highest BCUT2D eigenvalue weighted by Gasteiger charge is 2.29. The predicted octanol–water partition coefficient (Wildman–Crippen LogP) is 2.20. The Morgan fingerprint density at radius 3 is 2.75 bits per heavy atom. The molecule has 86 valence electrons. The molecule has 1 aliphatic heterocycles. The van der Waals surface area contributed by atoms with Crippen molar-refractivity contribution in [1.29, 1.82) is 0 Å². The van der Waals surface area contributed by atoms with Crippen LogP contribution in [-0.4, -0.2) is 26.9 Å². The molecule has 16 heavy (non-hydrogen) atoms. The standard InChI is InChI=1S/C9H9ClN2O2S2/c1-12-8-6(10)4-3-5-7(8)16(13,14)11-9(12)15-2/h3-5H,1-2H3. The zero-order valence-corrected chi connectivity index (χ0v) is 11.0. The van der Waals surface area contributed by atoms with Gasteiger partial charge >= 0.3 is 0 Å². The number of anilines is 1. The number of nitrogens with zero attached hydrogens (tertiary/aromatic N) is 2. The molecule has 1 aromatic carbocycles. The average Bonchev–Trinajstić information content (AvgIpc) is 2.23. The summed E-state index contributed by atoms with van der Waals surface area (Å²) < 4.78 is 27.4. The minimum absolute atomic E-state index is 0.153. The monoisotopic (exact) mass is 276 g/mol. The van der Waals surface area contributed by atoms with Gasteiger partial charge in [-0.25, -0.2) is 0 Å². The second kappa shape index (κ2) is 3.94. The Balaban J connectivity index is 2.77. The van der Waals surface area contributed by atoms with E-state index < -0.39 is 10.0 Å².